The van der Waals surface area contributed by atoms with Crippen LogP contribution in [0.5, 0.6) is 0 Å². The molecule has 0 unspecified atom stereocenters. The molecule has 0 fully saturated rings. The van der Waals surface area contributed by atoms with E-state index in [4.69, 9.17) is 4.43 Å². The molecule has 1 heterocycles. The molecule has 92 valence electrons. The molecule has 0 bridgehead atoms. The average molecular weight is 258 g/mol. The van der Waals surface area contributed by atoms with Crippen molar-refractivity contribution in [3.05, 3.63) is 65.5 Å². The summed E-state index contributed by atoms with van der Waals surface area (Å²) in [4.78, 5) is 0. The van der Waals surface area contributed by atoms with E-state index in [2.05, 4.69) is 31.3 Å². The third-order valence-corrected chi connectivity index (χ3v) is 6.05. The van der Waals surface area contributed by atoms with Crippen LogP contribution in [0.2, 0.25) is 13.1 Å². The van der Waals surface area contributed by atoms with Crippen LogP contribution in [0.15, 0.2) is 48.5 Å². The number of fused-ring (bicyclic) bond motifs is 1. The molecule has 1 aliphatic heterocycles. The monoisotopic (exact) mass is 258 g/mol. The predicted octanol–water partition coefficient (Wildman–Crippen LogP) is 3.36. The van der Waals surface area contributed by atoms with Crippen LogP contribution in [0, 0.1) is 5.82 Å². The highest BCUT2D eigenvalue weighted by atomic mass is 28.4. The third-order valence-electron chi connectivity index (χ3n) is 3.48. The van der Waals surface area contributed by atoms with Crippen LogP contribution >= 0.6 is 0 Å². The Morgan fingerprint density at radius 3 is 2.39 bits per heavy atom. The van der Waals surface area contributed by atoms with Crippen LogP contribution in [-0.2, 0) is 4.43 Å². The van der Waals surface area contributed by atoms with Gasteiger partial charge in [0, 0.05) is 0 Å². The van der Waals surface area contributed by atoms with Crippen LogP contribution in [0.25, 0.3) is 0 Å². The Labute approximate surface area is 107 Å². The van der Waals surface area contributed by atoms with E-state index in [-0.39, 0.29) is 11.9 Å². The quantitative estimate of drug-likeness (QED) is 0.713. The maximum absolute atomic E-state index is 13.0. The van der Waals surface area contributed by atoms with Gasteiger partial charge in [-0.25, -0.2) is 4.39 Å². The van der Waals surface area contributed by atoms with Gasteiger partial charge >= 0.3 is 0 Å². The van der Waals surface area contributed by atoms with Crippen LogP contribution in [0.3, 0.4) is 0 Å². The molecule has 18 heavy (non-hydrogen) atoms. The Morgan fingerprint density at radius 1 is 1.00 bits per heavy atom. The maximum Gasteiger partial charge on any atom is 0.219 e. The van der Waals surface area contributed by atoms with Crippen LogP contribution in [0.4, 0.5) is 4.39 Å². The van der Waals surface area contributed by atoms with Gasteiger partial charge in [0.1, 0.15) is 5.82 Å². The molecule has 1 nitrogen and oxygen atoms in total. The third kappa shape index (κ3) is 1.80. The highest BCUT2D eigenvalue weighted by Crippen LogP contribution is 2.35. The zero-order valence-electron chi connectivity index (χ0n) is 10.5. The number of hydrogen-bond acceptors (Lipinski definition) is 1. The lowest BCUT2D eigenvalue weighted by molar-refractivity contribution is 0.259. The van der Waals surface area contributed by atoms with E-state index in [1.54, 1.807) is 0 Å². The molecular formula is C15H15FOSi. The summed E-state index contributed by atoms with van der Waals surface area (Å²) in [6, 6.07) is 15.0. The van der Waals surface area contributed by atoms with Crippen molar-refractivity contribution < 1.29 is 8.82 Å². The molecule has 1 atom stereocenters. The minimum absolute atomic E-state index is 0.0385. The first-order valence-electron chi connectivity index (χ1n) is 6.10. The van der Waals surface area contributed by atoms with Gasteiger partial charge in [-0.3, -0.25) is 0 Å². The van der Waals surface area contributed by atoms with Crippen molar-refractivity contribution in [1.29, 1.82) is 0 Å². The molecule has 3 rings (SSSR count). The molecule has 0 saturated carbocycles. The molecule has 2 aromatic carbocycles. The Kier molecular flexibility index (Phi) is 2.61. The fourth-order valence-electron chi connectivity index (χ4n) is 2.58. The van der Waals surface area contributed by atoms with E-state index in [1.165, 1.54) is 22.9 Å². The second kappa shape index (κ2) is 4.04. The van der Waals surface area contributed by atoms with Crippen molar-refractivity contribution in [1.82, 2.24) is 0 Å². The number of hydrogen-bond donors (Lipinski definition) is 0. The smallest absolute Gasteiger partial charge is 0.219 e. The summed E-state index contributed by atoms with van der Waals surface area (Å²) in [7, 11) is -1.81. The van der Waals surface area contributed by atoms with E-state index in [9.17, 15) is 4.39 Å². The van der Waals surface area contributed by atoms with Gasteiger partial charge in [-0.2, -0.15) is 0 Å². The molecule has 1 aliphatic rings. The van der Waals surface area contributed by atoms with Crippen molar-refractivity contribution in [2.45, 2.75) is 19.2 Å². The molecule has 2 aromatic rings. The summed E-state index contributed by atoms with van der Waals surface area (Å²) in [5, 5.41) is 1.35. The number of halogens is 1. The lowest BCUT2D eigenvalue weighted by atomic mass is 10.0. The molecule has 3 heteroatoms. The van der Waals surface area contributed by atoms with Gasteiger partial charge in [-0.15, -0.1) is 0 Å². The van der Waals surface area contributed by atoms with E-state index >= 15 is 0 Å². The summed E-state index contributed by atoms with van der Waals surface area (Å²) < 4.78 is 19.3. The van der Waals surface area contributed by atoms with Crippen LogP contribution in [-0.4, -0.2) is 8.32 Å². The number of rotatable bonds is 1. The van der Waals surface area contributed by atoms with Gasteiger partial charge in [0.2, 0.25) is 8.32 Å². The second-order valence-electron chi connectivity index (χ2n) is 5.15. The van der Waals surface area contributed by atoms with Gasteiger partial charge < -0.3 is 4.43 Å². The fourth-order valence-corrected chi connectivity index (χ4v) is 4.97. The van der Waals surface area contributed by atoms with Gasteiger partial charge in [0.05, 0.1) is 6.10 Å². The maximum atomic E-state index is 13.0. The summed E-state index contributed by atoms with van der Waals surface area (Å²) >= 11 is 0. The zero-order valence-corrected chi connectivity index (χ0v) is 11.5. The molecule has 0 N–H and O–H groups in total. The Balaban J connectivity index is 2.08. The molecule has 0 aromatic heterocycles. The van der Waals surface area contributed by atoms with Gasteiger partial charge in [0.25, 0.3) is 0 Å². The van der Waals surface area contributed by atoms with E-state index < -0.39 is 8.32 Å². The standard InChI is InChI=1S/C15H15FOSi/c1-18(2)14-6-4-3-5-13(14)15(17-18)11-7-9-12(16)10-8-11/h3-10,15H,1-2H3/t15-/m1/s1. The normalized spacial score (nSPS) is 20.7. The first-order valence-corrected chi connectivity index (χ1v) is 9.01. The zero-order chi connectivity index (χ0) is 12.8. The lowest BCUT2D eigenvalue weighted by Crippen LogP contribution is -2.39. The highest BCUT2D eigenvalue weighted by Gasteiger charge is 2.40. The minimum atomic E-state index is -1.81. The Hall–Kier alpha value is -1.45. The largest absolute Gasteiger partial charge is 0.402 e. The van der Waals surface area contributed by atoms with Gasteiger partial charge in [0.15, 0.2) is 0 Å². The summed E-state index contributed by atoms with van der Waals surface area (Å²) in [5.41, 5.74) is 2.27. The first-order chi connectivity index (χ1) is 8.58. The molecule has 0 amide bonds. The van der Waals surface area contributed by atoms with E-state index in [0.717, 1.165) is 5.56 Å². The Morgan fingerprint density at radius 2 is 1.67 bits per heavy atom. The summed E-state index contributed by atoms with van der Waals surface area (Å²) in [6.45, 7) is 4.41. The lowest BCUT2D eigenvalue weighted by Gasteiger charge is -2.18. The Bertz CT molecular complexity index is 577. The second-order valence-corrected chi connectivity index (χ2v) is 8.94. The van der Waals surface area contributed by atoms with Gasteiger partial charge in [-0.05, 0) is 41.5 Å². The molecule has 0 saturated heterocycles. The topological polar surface area (TPSA) is 9.23 Å². The summed E-state index contributed by atoms with van der Waals surface area (Å²) in [6.07, 6.45) is -0.0385. The predicted molar refractivity (Wildman–Crippen MR) is 72.9 cm³/mol. The number of benzene rings is 2. The van der Waals surface area contributed by atoms with Crippen LogP contribution < -0.4 is 5.19 Å². The fraction of sp³-hybridized carbons (Fsp3) is 0.200. The van der Waals surface area contributed by atoms with Crippen molar-refractivity contribution >= 4 is 13.5 Å². The van der Waals surface area contributed by atoms with Crippen molar-refractivity contribution in [3.8, 4) is 0 Å². The van der Waals surface area contributed by atoms with Crippen molar-refractivity contribution in [2.75, 3.05) is 0 Å². The molecule has 0 aliphatic carbocycles. The van der Waals surface area contributed by atoms with Crippen LogP contribution in [0.1, 0.15) is 17.2 Å². The molecule has 0 spiro atoms. The van der Waals surface area contributed by atoms with Crippen molar-refractivity contribution in [2.24, 2.45) is 0 Å². The average Bonchev–Trinajstić information content (AvgIpc) is 2.63. The first kappa shape index (κ1) is 11.6. The van der Waals surface area contributed by atoms with Gasteiger partial charge in [-0.1, -0.05) is 36.4 Å². The molecular weight excluding hydrogens is 243 g/mol. The SMILES string of the molecule is C[Si]1(C)O[C@H](c2ccc(F)cc2)c2ccccc21. The summed E-state index contributed by atoms with van der Waals surface area (Å²) in [5.74, 6) is -0.207. The molecule has 0 radical (unpaired) electrons. The minimum Gasteiger partial charge on any atom is -0.402 e. The van der Waals surface area contributed by atoms with Crippen molar-refractivity contribution in [3.63, 3.8) is 0 Å². The van der Waals surface area contributed by atoms with E-state index in [0.29, 0.717) is 0 Å². The van der Waals surface area contributed by atoms with E-state index in [1.807, 2.05) is 18.2 Å². The highest BCUT2D eigenvalue weighted by molar-refractivity contribution is 6.85.